The van der Waals surface area contributed by atoms with Crippen molar-refractivity contribution in [3.05, 3.63) is 59.7 Å². The van der Waals surface area contributed by atoms with E-state index in [-0.39, 0.29) is 0 Å². The van der Waals surface area contributed by atoms with Crippen LogP contribution in [-0.2, 0) is 0 Å². The Morgan fingerprint density at radius 2 is 1.90 bits per heavy atom. The topological polar surface area (TPSA) is 65.3 Å². The van der Waals surface area contributed by atoms with E-state index in [4.69, 9.17) is 10.00 Å². The van der Waals surface area contributed by atoms with Gasteiger partial charge in [-0.2, -0.15) is 5.26 Å². The number of para-hydroxylation sites is 1. The fraction of sp³-hybridized carbons (Fsp3) is 0.188. The van der Waals surface area contributed by atoms with Crippen LogP contribution in [0.2, 0.25) is 0 Å². The molecule has 0 fully saturated rings. The Bertz CT molecular complexity index is 603. The first-order valence-corrected chi connectivity index (χ1v) is 6.29. The van der Waals surface area contributed by atoms with Crippen molar-refractivity contribution in [3.8, 4) is 11.8 Å². The molecule has 0 aliphatic heterocycles. The van der Waals surface area contributed by atoms with Gasteiger partial charge in [0.15, 0.2) is 0 Å². The van der Waals surface area contributed by atoms with Crippen molar-refractivity contribution in [2.75, 3.05) is 19.0 Å². The van der Waals surface area contributed by atoms with Crippen molar-refractivity contribution in [3.63, 3.8) is 0 Å². The maximum absolute atomic E-state index is 10.1. The average Bonchev–Trinajstić information content (AvgIpc) is 2.53. The molecule has 102 valence electrons. The first-order chi connectivity index (χ1) is 9.74. The van der Waals surface area contributed by atoms with E-state index in [0.717, 1.165) is 17.0 Å². The highest BCUT2D eigenvalue weighted by Gasteiger charge is 2.08. The fourth-order valence-corrected chi connectivity index (χ4v) is 1.89. The van der Waals surface area contributed by atoms with Gasteiger partial charge in [0, 0.05) is 6.54 Å². The zero-order chi connectivity index (χ0) is 14.4. The Balaban J connectivity index is 2.01. The number of aliphatic hydroxyl groups is 1. The second-order valence-electron chi connectivity index (χ2n) is 4.33. The molecule has 2 aromatic carbocycles. The van der Waals surface area contributed by atoms with Crippen LogP contribution in [0.4, 0.5) is 5.69 Å². The van der Waals surface area contributed by atoms with Crippen LogP contribution in [0.5, 0.6) is 5.75 Å². The summed E-state index contributed by atoms with van der Waals surface area (Å²) in [7, 11) is 1.60. The van der Waals surface area contributed by atoms with Crippen molar-refractivity contribution in [1.29, 1.82) is 5.26 Å². The molecule has 0 aliphatic carbocycles. The zero-order valence-electron chi connectivity index (χ0n) is 11.2. The van der Waals surface area contributed by atoms with E-state index in [1.807, 2.05) is 42.5 Å². The highest BCUT2D eigenvalue weighted by atomic mass is 16.5. The smallest absolute Gasteiger partial charge is 0.118 e. The maximum atomic E-state index is 10.1. The Morgan fingerprint density at radius 1 is 1.20 bits per heavy atom. The number of anilines is 1. The van der Waals surface area contributed by atoms with Gasteiger partial charge >= 0.3 is 0 Å². The molecule has 2 aromatic rings. The van der Waals surface area contributed by atoms with Crippen molar-refractivity contribution in [2.45, 2.75) is 6.10 Å². The van der Waals surface area contributed by atoms with E-state index >= 15 is 0 Å². The second kappa shape index (κ2) is 6.60. The lowest BCUT2D eigenvalue weighted by molar-refractivity contribution is 0.191. The number of nitriles is 1. The van der Waals surface area contributed by atoms with Crippen LogP contribution in [0.3, 0.4) is 0 Å². The van der Waals surface area contributed by atoms with Gasteiger partial charge in [0.05, 0.1) is 24.5 Å². The minimum absolute atomic E-state index is 0.338. The summed E-state index contributed by atoms with van der Waals surface area (Å²) >= 11 is 0. The first kappa shape index (κ1) is 13.9. The van der Waals surface area contributed by atoms with Crippen LogP contribution in [0.15, 0.2) is 48.5 Å². The Morgan fingerprint density at radius 3 is 2.55 bits per heavy atom. The molecule has 4 heteroatoms. The van der Waals surface area contributed by atoms with Gasteiger partial charge in [-0.1, -0.05) is 24.3 Å². The molecule has 0 saturated heterocycles. The molecule has 1 unspecified atom stereocenters. The number of rotatable bonds is 5. The van der Waals surface area contributed by atoms with Gasteiger partial charge in [-0.25, -0.2) is 0 Å². The highest BCUT2D eigenvalue weighted by Crippen LogP contribution is 2.19. The summed E-state index contributed by atoms with van der Waals surface area (Å²) in [4.78, 5) is 0. The van der Waals surface area contributed by atoms with Gasteiger partial charge in [0.25, 0.3) is 0 Å². The SMILES string of the molecule is COc1ccc(C(O)CNc2ccccc2C#N)cc1. The number of methoxy groups -OCH3 is 1. The Kier molecular flexibility index (Phi) is 4.59. The van der Waals surface area contributed by atoms with Crippen molar-refractivity contribution in [2.24, 2.45) is 0 Å². The number of benzene rings is 2. The van der Waals surface area contributed by atoms with Gasteiger partial charge in [0.1, 0.15) is 11.8 Å². The second-order valence-corrected chi connectivity index (χ2v) is 4.33. The summed E-state index contributed by atoms with van der Waals surface area (Å²) in [6.07, 6.45) is -0.646. The number of ether oxygens (including phenoxy) is 1. The Hall–Kier alpha value is -2.51. The fourth-order valence-electron chi connectivity index (χ4n) is 1.89. The molecule has 0 bridgehead atoms. The first-order valence-electron chi connectivity index (χ1n) is 6.29. The third-order valence-corrected chi connectivity index (χ3v) is 3.03. The van der Waals surface area contributed by atoms with Crippen LogP contribution >= 0.6 is 0 Å². The quantitative estimate of drug-likeness (QED) is 0.875. The lowest BCUT2D eigenvalue weighted by atomic mass is 10.1. The van der Waals surface area contributed by atoms with Gasteiger partial charge in [-0.05, 0) is 29.8 Å². The van der Waals surface area contributed by atoms with Crippen molar-refractivity contribution in [1.82, 2.24) is 0 Å². The van der Waals surface area contributed by atoms with Gasteiger partial charge in [-0.15, -0.1) is 0 Å². The summed E-state index contributed by atoms with van der Waals surface area (Å²) in [6.45, 7) is 0.338. The largest absolute Gasteiger partial charge is 0.497 e. The summed E-state index contributed by atoms with van der Waals surface area (Å²) in [6, 6.07) is 16.6. The van der Waals surface area contributed by atoms with E-state index in [0.29, 0.717) is 12.1 Å². The normalized spacial score (nSPS) is 11.4. The Labute approximate surface area is 118 Å². The van der Waals surface area contributed by atoms with Crippen molar-refractivity contribution >= 4 is 5.69 Å². The predicted molar refractivity (Wildman–Crippen MR) is 77.6 cm³/mol. The lowest BCUT2D eigenvalue weighted by Crippen LogP contribution is -2.12. The molecular weight excluding hydrogens is 252 g/mol. The molecule has 0 saturated carbocycles. The summed E-state index contributed by atoms with van der Waals surface area (Å²) in [5.41, 5.74) is 2.09. The molecule has 0 spiro atoms. The molecule has 20 heavy (non-hydrogen) atoms. The summed E-state index contributed by atoms with van der Waals surface area (Å²) in [5.74, 6) is 0.753. The predicted octanol–water partition coefficient (Wildman–Crippen LogP) is 2.71. The lowest BCUT2D eigenvalue weighted by Gasteiger charge is -2.14. The van der Waals surface area contributed by atoms with E-state index in [2.05, 4.69) is 11.4 Å². The number of hydrogen-bond acceptors (Lipinski definition) is 4. The standard InChI is InChI=1S/C16H16N2O2/c1-20-14-8-6-12(7-9-14)16(19)11-18-15-5-3-2-4-13(15)10-17/h2-9,16,18-19H,11H2,1H3. The zero-order valence-corrected chi connectivity index (χ0v) is 11.2. The third-order valence-electron chi connectivity index (χ3n) is 3.03. The molecule has 0 aromatic heterocycles. The van der Waals surface area contributed by atoms with Crippen LogP contribution < -0.4 is 10.1 Å². The third kappa shape index (κ3) is 3.28. The molecule has 1 atom stereocenters. The van der Waals surface area contributed by atoms with E-state index in [1.165, 1.54) is 0 Å². The number of nitrogens with one attached hydrogen (secondary N) is 1. The van der Waals surface area contributed by atoms with Crippen molar-refractivity contribution < 1.29 is 9.84 Å². The van der Waals surface area contributed by atoms with E-state index in [1.54, 1.807) is 13.2 Å². The number of aliphatic hydroxyl groups excluding tert-OH is 1. The molecular formula is C16H16N2O2. The monoisotopic (exact) mass is 268 g/mol. The molecule has 4 nitrogen and oxygen atoms in total. The van der Waals surface area contributed by atoms with Gasteiger partial charge in [-0.3, -0.25) is 0 Å². The van der Waals surface area contributed by atoms with Crippen LogP contribution in [0.1, 0.15) is 17.2 Å². The van der Waals surface area contributed by atoms with Crippen LogP contribution in [0.25, 0.3) is 0 Å². The maximum Gasteiger partial charge on any atom is 0.118 e. The summed E-state index contributed by atoms with van der Waals surface area (Å²) in [5, 5.41) is 22.2. The minimum Gasteiger partial charge on any atom is -0.497 e. The minimum atomic E-state index is -0.646. The molecule has 0 aliphatic rings. The molecule has 0 heterocycles. The van der Waals surface area contributed by atoms with Gasteiger partial charge in [0.2, 0.25) is 0 Å². The molecule has 0 radical (unpaired) electrons. The average molecular weight is 268 g/mol. The molecule has 2 N–H and O–H groups in total. The van der Waals surface area contributed by atoms with E-state index < -0.39 is 6.10 Å². The molecule has 0 amide bonds. The van der Waals surface area contributed by atoms with E-state index in [9.17, 15) is 5.11 Å². The number of hydrogen-bond donors (Lipinski definition) is 2. The summed E-state index contributed by atoms with van der Waals surface area (Å²) < 4.78 is 5.08. The highest BCUT2D eigenvalue weighted by molar-refractivity contribution is 5.57. The van der Waals surface area contributed by atoms with Crippen LogP contribution in [-0.4, -0.2) is 18.8 Å². The molecule has 2 rings (SSSR count). The van der Waals surface area contributed by atoms with Crippen LogP contribution in [0, 0.1) is 11.3 Å². The van der Waals surface area contributed by atoms with Gasteiger partial charge < -0.3 is 15.2 Å². The number of nitrogens with zero attached hydrogens (tertiary/aromatic N) is 1.